The number of aryl methyl sites for hydroxylation is 2. The van der Waals surface area contributed by atoms with E-state index in [1.807, 2.05) is 45.1 Å². The molecule has 1 fully saturated rings. The third kappa shape index (κ3) is 4.92. The molecule has 170 valence electrons. The number of hydrogen-bond acceptors (Lipinski definition) is 5. The molecule has 0 spiro atoms. The molecule has 0 amide bonds. The first kappa shape index (κ1) is 23.0. The van der Waals surface area contributed by atoms with Gasteiger partial charge >= 0.3 is 0 Å². The minimum Gasteiger partial charge on any atom is -0.353 e. The van der Waals surface area contributed by atoms with Crippen LogP contribution in [0.2, 0.25) is 10.0 Å². The maximum absolute atomic E-state index is 6.67. The molecule has 8 heteroatoms. The van der Waals surface area contributed by atoms with Gasteiger partial charge in [0.15, 0.2) is 5.65 Å². The number of halogens is 2. The number of rotatable bonds is 7. The van der Waals surface area contributed by atoms with Crippen molar-refractivity contribution in [2.75, 3.05) is 18.4 Å². The first-order valence-electron chi connectivity index (χ1n) is 11.3. The number of anilines is 1. The van der Waals surface area contributed by atoms with E-state index < -0.39 is 0 Å². The summed E-state index contributed by atoms with van der Waals surface area (Å²) in [7, 11) is 0. The lowest BCUT2D eigenvalue weighted by atomic mass is 9.95. The van der Waals surface area contributed by atoms with Crippen LogP contribution in [0.1, 0.15) is 56.1 Å². The highest BCUT2D eigenvalue weighted by molar-refractivity contribution is 6.39. The largest absolute Gasteiger partial charge is 0.353 e. The first-order chi connectivity index (χ1) is 15.5. The molecule has 1 aliphatic carbocycles. The molecule has 0 radical (unpaired) electrons. The summed E-state index contributed by atoms with van der Waals surface area (Å²) in [5.74, 6) is 1.34. The Hall–Kier alpha value is -2.15. The van der Waals surface area contributed by atoms with Crippen molar-refractivity contribution in [1.82, 2.24) is 24.9 Å². The lowest BCUT2D eigenvalue weighted by Crippen LogP contribution is -2.34. The van der Waals surface area contributed by atoms with Crippen LogP contribution in [0.4, 0.5) is 5.95 Å². The zero-order valence-corrected chi connectivity index (χ0v) is 20.4. The highest BCUT2D eigenvalue weighted by atomic mass is 35.5. The molecular weight excluding hydrogens is 443 g/mol. The molecule has 0 aliphatic heterocycles. The molecule has 32 heavy (non-hydrogen) atoms. The van der Waals surface area contributed by atoms with Crippen molar-refractivity contribution in [2.45, 2.75) is 58.9 Å². The molecule has 4 rings (SSSR count). The van der Waals surface area contributed by atoms with E-state index in [1.165, 1.54) is 32.1 Å². The average Bonchev–Trinajstić information content (AvgIpc) is 3.07. The van der Waals surface area contributed by atoms with Gasteiger partial charge in [-0.3, -0.25) is 0 Å². The number of fused-ring (bicyclic) bond motifs is 1. The summed E-state index contributed by atoms with van der Waals surface area (Å²) in [6.45, 7) is 7.43. The summed E-state index contributed by atoms with van der Waals surface area (Å²) in [4.78, 5) is 9.27. The maximum Gasteiger partial charge on any atom is 0.227 e. The standard InChI is InChI=1S/C24H30Cl2N6/c1-4-8-17-13-19(25)22(20(26)14-17)21-15(2)31-32-23(21)29-16(3)30-24(32)28-12-11-27-18-9-6-5-7-10-18/h4,8,13-14,18,27H,5-7,9-12H2,1-3H3,(H,28,29,30). The van der Waals surface area contributed by atoms with Crippen LogP contribution in [-0.4, -0.2) is 38.7 Å². The molecule has 1 aromatic carbocycles. The second kappa shape index (κ2) is 10.2. The molecule has 0 unspecified atom stereocenters. The zero-order valence-electron chi connectivity index (χ0n) is 18.9. The van der Waals surface area contributed by atoms with Crippen molar-refractivity contribution in [3.63, 3.8) is 0 Å². The maximum atomic E-state index is 6.67. The van der Waals surface area contributed by atoms with E-state index in [0.29, 0.717) is 33.5 Å². The van der Waals surface area contributed by atoms with Crippen LogP contribution in [0.5, 0.6) is 0 Å². The molecule has 2 heterocycles. The highest BCUT2D eigenvalue weighted by Gasteiger charge is 2.21. The summed E-state index contributed by atoms with van der Waals surface area (Å²) in [5, 5.41) is 12.9. The van der Waals surface area contributed by atoms with Crippen LogP contribution in [0, 0.1) is 13.8 Å². The van der Waals surface area contributed by atoms with Gasteiger partial charge in [0, 0.05) is 24.7 Å². The minimum atomic E-state index is 0.575. The van der Waals surface area contributed by atoms with Crippen molar-refractivity contribution in [2.24, 2.45) is 0 Å². The molecule has 0 saturated heterocycles. The number of hydrogen-bond donors (Lipinski definition) is 2. The Bertz CT molecular complexity index is 1110. The van der Waals surface area contributed by atoms with E-state index in [4.69, 9.17) is 28.3 Å². The Balaban J connectivity index is 1.62. The molecule has 1 aliphatic rings. The monoisotopic (exact) mass is 472 g/mol. The van der Waals surface area contributed by atoms with Crippen LogP contribution >= 0.6 is 23.2 Å². The first-order valence-corrected chi connectivity index (χ1v) is 12.1. The van der Waals surface area contributed by atoms with Gasteiger partial charge in [-0.25, -0.2) is 4.98 Å². The van der Waals surface area contributed by atoms with Gasteiger partial charge in [-0.15, -0.1) is 0 Å². The van der Waals surface area contributed by atoms with Crippen molar-refractivity contribution < 1.29 is 0 Å². The van der Waals surface area contributed by atoms with E-state index in [9.17, 15) is 0 Å². The molecule has 6 nitrogen and oxygen atoms in total. The number of nitrogens with one attached hydrogen (secondary N) is 2. The van der Waals surface area contributed by atoms with Crippen LogP contribution in [0.25, 0.3) is 22.9 Å². The van der Waals surface area contributed by atoms with Gasteiger partial charge in [-0.1, -0.05) is 54.6 Å². The van der Waals surface area contributed by atoms with Crippen molar-refractivity contribution in [3.05, 3.63) is 45.3 Å². The van der Waals surface area contributed by atoms with Gasteiger partial charge in [0.1, 0.15) is 5.82 Å². The predicted molar refractivity (Wildman–Crippen MR) is 134 cm³/mol. The molecule has 2 aromatic heterocycles. The lowest BCUT2D eigenvalue weighted by Gasteiger charge is -2.22. The SMILES string of the molecule is CC=Cc1cc(Cl)c(-c2c(C)nn3c(NCCNC4CCCCC4)nc(C)nc23)c(Cl)c1. The zero-order chi connectivity index (χ0) is 22.7. The Labute approximate surface area is 199 Å². The Kier molecular flexibility index (Phi) is 7.33. The minimum absolute atomic E-state index is 0.575. The number of nitrogens with zero attached hydrogens (tertiary/aromatic N) is 4. The van der Waals surface area contributed by atoms with E-state index in [2.05, 4.69) is 20.6 Å². The van der Waals surface area contributed by atoms with Crippen LogP contribution < -0.4 is 10.6 Å². The van der Waals surface area contributed by atoms with Crippen LogP contribution in [0.15, 0.2) is 18.2 Å². The van der Waals surface area contributed by atoms with Gasteiger partial charge < -0.3 is 10.6 Å². The quantitative estimate of drug-likeness (QED) is 0.407. The van der Waals surface area contributed by atoms with Gasteiger partial charge in [0.05, 0.1) is 21.3 Å². The second-order valence-electron chi connectivity index (χ2n) is 8.37. The topological polar surface area (TPSA) is 67.1 Å². The molecule has 2 N–H and O–H groups in total. The second-order valence-corrected chi connectivity index (χ2v) is 9.18. The van der Waals surface area contributed by atoms with Crippen molar-refractivity contribution >= 4 is 40.9 Å². The number of benzene rings is 1. The Morgan fingerprint density at radius 3 is 2.44 bits per heavy atom. The van der Waals surface area contributed by atoms with E-state index >= 15 is 0 Å². The summed E-state index contributed by atoms with van der Waals surface area (Å²) in [5.41, 5.74) is 4.04. The fourth-order valence-electron chi connectivity index (χ4n) is 4.43. The molecule has 0 atom stereocenters. The van der Waals surface area contributed by atoms with E-state index in [-0.39, 0.29) is 0 Å². The molecular formula is C24H30Cl2N6. The highest BCUT2D eigenvalue weighted by Crippen LogP contribution is 2.40. The third-order valence-electron chi connectivity index (χ3n) is 5.89. The Morgan fingerprint density at radius 2 is 1.75 bits per heavy atom. The third-order valence-corrected chi connectivity index (χ3v) is 6.49. The van der Waals surface area contributed by atoms with Crippen molar-refractivity contribution in [3.8, 4) is 11.1 Å². The van der Waals surface area contributed by atoms with Crippen LogP contribution in [-0.2, 0) is 0 Å². The fraction of sp³-hybridized carbons (Fsp3) is 0.458. The number of aromatic nitrogens is 4. The summed E-state index contributed by atoms with van der Waals surface area (Å²) < 4.78 is 1.75. The average molecular weight is 473 g/mol. The summed E-state index contributed by atoms with van der Waals surface area (Å²) in [6.07, 6.45) is 10.5. The lowest BCUT2D eigenvalue weighted by molar-refractivity contribution is 0.378. The van der Waals surface area contributed by atoms with Gasteiger partial charge in [0.2, 0.25) is 5.95 Å². The van der Waals surface area contributed by atoms with Crippen LogP contribution in [0.3, 0.4) is 0 Å². The summed E-state index contributed by atoms with van der Waals surface area (Å²) in [6, 6.07) is 4.46. The Morgan fingerprint density at radius 1 is 1.03 bits per heavy atom. The van der Waals surface area contributed by atoms with Gasteiger partial charge in [-0.2, -0.15) is 14.6 Å². The fourth-order valence-corrected chi connectivity index (χ4v) is 5.12. The van der Waals surface area contributed by atoms with Crippen molar-refractivity contribution in [1.29, 1.82) is 0 Å². The normalized spacial score (nSPS) is 15.2. The molecule has 3 aromatic rings. The van der Waals surface area contributed by atoms with E-state index in [0.717, 1.165) is 35.5 Å². The smallest absolute Gasteiger partial charge is 0.227 e. The van der Waals surface area contributed by atoms with Gasteiger partial charge in [0.25, 0.3) is 0 Å². The number of allylic oxidation sites excluding steroid dienone is 1. The van der Waals surface area contributed by atoms with Gasteiger partial charge in [-0.05, 0) is 51.3 Å². The van der Waals surface area contributed by atoms with E-state index in [1.54, 1.807) is 4.52 Å². The molecule has 1 saturated carbocycles. The summed E-state index contributed by atoms with van der Waals surface area (Å²) >= 11 is 13.3. The predicted octanol–water partition coefficient (Wildman–Crippen LogP) is 6.08. The molecule has 0 bridgehead atoms.